The van der Waals surface area contributed by atoms with Gasteiger partial charge >= 0.3 is 0 Å². The Labute approximate surface area is 82.7 Å². The molecule has 0 atom stereocenters. The number of amides is 1. The maximum atomic E-state index is 11.3. The first kappa shape index (κ1) is 10.6. The van der Waals surface area contributed by atoms with Crippen molar-refractivity contribution in [2.45, 2.75) is 13.0 Å². The second-order valence-corrected chi connectivity index (χ2v) is 3.23. The minimum Gasteiger partial charge on any atom is -0.347 e. The van der Waals surface area contributed by atoms with E-state index < -0.39 is 0 Å². The van der Waals surface area contributed by atoms with Gasteiger partial charge in [-0.25, -0.2) is 4.68 Å². The van der Waals surface area contributed by atoms with E-state index in [9.17, 15) is 4.79 Å². The van der Waals surface area contributed by atoms with Crippen LogP contribution in [0.1, 0.15) is 5.69 Å². The number of carbonyl (C=O) groups excluding carboxylic acids is 1. The van der Waals surface area contributed by atoms with Crippen LogP contribution in [-0.2, 0) is 17.8 Å². The molecule has 6 nitrogen and oxygen atoms in total. The molecule has 78 valence electrons. The van der Waals surface area contributed by atoms with Gasteiger partial charge < -0.3 is 10.6 Å². The Morgan fingerprint density at radius 3 is 2.93 bits per heavy atom. The van der Waals surface area contributed by atoms with Crippen molar-refractivity contribution >= 4 is 5.91 Å². The molecule has 0 unspecified atom stereocenters. The van der Waals surface area contributed by atoms with Gasteiger partial charge in [-0.1, -0.05) is 5.21 Å². The predicted octanol–water partition coefficient (Wildman–Crippen LogP) is -1.13. The number of hydrogen-bond acceptors (Lipinski definition) is 4. The van der Waals surface area contributed by atoms with Crippen molar-refractivity contribution in [3.8, 4) is 0 Å². The van der Waals surface area contributed by atoms with Crippen LogP contribution in [0.25, 0.3) is 0 Å². The Hall–Kier alpha value is -1.43. The molecule has 6 heteroatoms. The van der Waals surface area contributed by atoms with Gasteiger partial charge in [0, 0.05) is 26.7 Å². The molecule has 1 rings (SSSR count). The summed E-state index contributed by atoms with van der Waals surface area (Å²) in [5, 5.41) is 7.70. The zero-order valence-electron chi connectivity index (χ0n) is 8.47. The molecule has 0 saturated heterocycles. The summed E-state index contributed by atoms with van der Waals surface area (Å²) >= 11 is 0. The number of hydrogen-bond donors (Lipinski definition) is 1. The molecule has 0 aliphatic rings. The number of rotatable bonds is 4. The summed E-state index contributed by atoms with van der Waals surface area (Å²) in [6.07, 6.45) is 2.43. The quantitative estimate of drug-likeness (QED) is 0.662. The first-order chi connectivity index (χ1) is 6.63. The third kappa shape index (κ3) is 2.81. The molecule has 0 bridgehead atoms. The van der Waals surface area contributed by atoms with Crippen molar-refractivity contribution in [1.82, 2.24) is 19.9 Å². The van der Waals surface area contributed by atoms with Crippen LogP contribution >= 0.6 is 0 Å². The Morgan fingerprint density at radius 2 is 2.36 bits per heavy atom. The SMILES string of the molecule is CN(C)C(=O)Cn1cc(CCN)nn1. The molecule has 14 heavy (non-hydrogen) atoms. The summed E-state index contributed by atoms with van der Waals surface area (Å²) in [5.74, 6) is -0.00537. The molecular formula is C8H15N5O. The van der Waals surface area contributed by atoms with Crippen molar-refractivity contribution in [2.24, 2.45) is 5.73 Å². The van der Waals surface area contributed by atoms with Gasteiger partial charge in [0.05, 0.1) is 5.69 Å². The van der Waals surface area contributed by atoms with Crippen molar-refractivity contribution in [3.63, 3.8) is 0 Å². The zero-order valence-corrected chi connectivity index (χ0v) is 8.47. The van der Waals surface area contributed by atoms with Crippen LogP contribution in [0, 0.1) is 0 Å². The average Bonchev–Trinajstić information content (AvgIpc) is 2.53. The van der Waals surface area contributed by atoms with E-state index >= 15 is 0 Å². The minimum atomic E-state index is -0.00537. The highest BCUT2D eigenvalue weighted by Gasteiger charge is 2.06. The fourth-order valence-corrected chi connectivity index (χ4v) is 0.958. The molecule has 0 fully saturated rings. The number of nitrogens with two attached hydrogens (primary N) is 1. The van der Waals surface area contributed by atoms with Gasteiger partial charge in [-0.15, -0.1) is 5.10 Å². The van der Waals surface area contributed by atoms with Crippen LogP contribution < -0.4 is 5.73 Å². The molecule has 1 aromatic heterocycles. The first-order valence-electron chi connectivity index (χ1n) is 4.42. The highest BCUT2D eigenvalue weighted by atomic mass is 16.2. The maximum absolute atomic E-state index is 11.3. The summed E-state index contributed by atoms with van der Waals surface area (Å²) < 4.78 is 1.52. The van der Waals surface area contributed by atoms with Crippen molar-refractivity contribution < 1.29 is 4.79 Å². The molecular weight excluding hydrogens is 182 g/mol. The normalized spacial score (nSPS) is 10.2. The topological polar surface area (TPSA) is 77.0 Å². The number of nitrogens with zero attached hydrogens (tertiary/aromatic N) is 4. The largest absolute Gasteiger partial charge is 0.347 e. The van der Waals surface area contributed by atoms with E-state index in [1.54, 1.807) is 20.3 Å². The van der Waals surface area contributed by atoms with Crippen molar-refractivity contribution in [1.29, 1.82) is 0 Å². The van der Waals surface area contributed by atoms with Gasteiger partial charge in [0.1, 0.15) is 6.54 Å². The summed E-state index contributed by atoms with van der Waals surface area (Å²) in [4.78, 5) is 12.8. The zero-order chi connectivity index (χ0) is 10.6. The molecule has 0 spiro atoms. The minimum absolute atomic E-state index is 0.00537. The van der Waals surface area contributed by atoms with E-state index in [1.165, 1.54) is 9.58 Å². The second kappa shape index (κ2) is 4.71. The van der Waals surface area contributed by atoms with E-state index in [4.69, 9.17) is 5.73 Å². The van der Waals surface area contributed by atoms with E-state index in [1.807, 2.05) is 0 Å². The maximum Gasteiger partial charge on any atom is 0.243 e. The van der Waals surface area contributed by atoms with Crippen LogP contribution in [0.5, 0.6) is 0 Å². The van der Waals surface area contributed by atoms with Crippen molar-refractivity contribution in [2.75, 3.05) is 20.6 Å². The lowest BCUT2D eigenvalue weighted by atomic mass is 10.3. The Balaban J connectivity index is 2.55. The second-order valence-electron chi connectivity index (χ2n) is 3.23. The number of likely N-dealkylation sites (N-methyl/N-ethyl adjacent to an activating group) is 1. The summed E-state index contributed by atoms with van der Waals surface area (Å²) in [7, 11) is 3.42. The van der Waals surface area contributed by atoms with E-state index in [0.29, 0.717) is 13.0 Å². The van der Waals surface area contributed by atoms with Gasteiger partial charge in [0.25, 0.3) is 0 Å². The van der Waals surface area contributed by atoms with E-state index in [2.05, 4.69) is 10.3 Å². The summed E-state index contributed by atoms with van der Waals surface area (Å²) in [6, 6.07) is 0. The monoisotopic (exact) mass is 197 g/mol. The van der Waals surface area contributed by atoms with Gasteiger partial charge in [-0.05, 0) is 6.54 Å². The summed E-state index contributed by atoms with van der Waals surface area (Å²) in [6.45, 7) is 0.769. The van der Waals surface area contributed by atoms with Crippen LogP contribution in [0.4, 0.5) is 0 Å². The number of aromatic nitrogens is 3. The van der Waals surface area contributed by atoms with Crippen molar-refractivity contribution in [3.05, 3.63) is 11.9 Å². The van der Waals surface area contributed by atoms with Crippen LogP contribution in [-0.4, -0.2) is 46.4 Å². The fourth-order valence-electron chi connectivity index (χ4n) is 0.958. The van der Waals surface area contributed by atoms with Gasteiger partial charge in [0.2, 0.25) is 5.91 Å². The molecule has 1 amide bonds. The molecule has 0 aromatic carbocycles. The van der Waals surface area contributed by atoms with Gasteiger partial charge in [-0.2, -0.15) is 0 Å². The third-order valence-corrected chi connectivity index (χ3v) is 1.78. The molecule has 0 saturated carbocycles. The standard InChI is InChI=1S/C8H15N5O/c1-12(2)8(14)6-13-5-7(3-4-9)10-11-13/h5H,3-4,6,9H2,1-2H3. The van der Waals surface area contributed by atoms with E-state index in [-0.39, 0.29) is 12.5 Å². The van der Waals surface area contributed by atoms with Crippen LogP contribution in [0.2, 0.25) is 0 Å². The highest BCUT2D eigenvalue weighted by molar-refractivity contribution is 5.75. The molecule has 2 N–H and O–H groups in total. The molecule has 0 radical (unpaired) electrons. The lowest BCUT2D eigenvalue weighted by Crippen LogP contribution is -2.26. The summed E-state index contributed by atoms with van der Waals surface area (Å²) in [5.41, 5.74) is 6.19. The Morgan fingerprint density at radius 1 is 1.64 bits per heavy atom. The fraction of sp³-hybridized carbons (Fsp3) is 0.625. The lowest BCUT2D eigenvalue weighted by Gasteiger charge is -2.08. The molecule has 1 aromatic rings. The van der Waals surface area contributed by atoms with Crippen LogP contribution in [0.15, 0.2) is 6.20 Å². The van der Waals surface area contributed by atoms with E-state index in [0.717, 1.165) is 5.69 Å². The molecule has 0 aliphatic carbocycles. The smallest absolute Gasteiger partial charge is 0.243 e. The first-order valence-corrected chi connectivity index (χ1v) is 4.42. The van der Waals surface area contributed by atoms with Gasteiger partial charge in [-0.3, -0.25) is 4.79 Å². The third-order valence-electron chi connectivity index (χ3n) is 1.78. The Kier molecular flexibility index (Phi) is 3.58. The Bertz CT molecular complexity index is 306. The van der Waals surface area contributed by atoms with Crippen LogP contribution in [0.3, 0.4) is 0 Å². The highest BCUT2D eigenvalue weighted by Crippen LogP contribution is 1.94. The molecule has 1 heterocycles. The van der Waals surface area contributed by atoms with Gasteiger partial charge in [0.15, 0.2) is 0 Å². The predicted molar refractivity (Wildman–Crippen MR) is 51.5 cm³/mol. The molecule has 0 aliphatic heterocycles. The lowest BCUT2D eigenvalue weighted by molar-refractivity contribution is -0.129. The number of carbonyl (C=O) groups is 1. The average molecular weight is 197 g/mol.